The summed E-state index contributed by atoms with van der Waals surface area (Å²) < 4.78 is 5.39. The molecule has 4 heteroatoms. The summed E-state index contributed by atoms with van der Waals surface area (Å²) in [5.74, 6) is -0.0177. The highest BCUT2D eigenvalue weighted by Gasteiger charge is 2.16. The van der Waals surface area contributed by atoms with Crippen molar-refractivity contribution in [3.8, 4) is 0 Å². The quantitative estimate of drug-likeness (QED) is 0.871. The van der Waals surface area contributed by atoms with E-state index in [1.54, 1.807) is 0 Å². The van der Waals surface area contributed by atoms with Crippen LogP contribution in [0.15, 0.2) is 54.6 Å². The number of anilines is 1. The molecule has 2 aromatic rings. The molecule has 0 spiro atoms. The van der Waals surface area contributed by atoms with Crippen LogP contribution in [-0.4, -0.2) is 32.2 Å². The van der Waals surface area contributed by atoms with Gasteiger partial charge in [-0.05, 0) is 36.2 Å². The van der Waals surface area contributed by atoms with Gasteiger partial charge in [0.05, 0.1) is 19.3 Å². The van der Waals surface area contributed by atoms with Crippen LogP contribution >= 0.6 is 0 Å². The molecule has 1 fully saturated rings. The number of ether oxygens (including phenoxy) is 1. The van der Waals surface area contributed by atoms with Crippen LogP contribution in [0.1, 0.15) is 41.7 Å². The van der Waals surface area contributed by atoms with E-state index >= 15 is 0 Å². The van der Waals surface area contributed by atoms with Gasteiger partial charge in [-0.3, -0.25) is 4.79 Å². The van der Waals surface area contributed by atoms with Gasteiger partial charge in [-0.15, -0.1) is 0 Å². The van der Waals surface area contributed by atoms with Crippen molar-refractivity contribution in [3.05, 3.63) is 65.7 Å². The molecule has 0 aromatic heterocycles. The highest BCUT2D eigenvalue weighted by Crippen LogP contribution is 2.20. The number of benzene rings is 2. The number of carbonyl (C=O) groups is 1. The number of hydrogen-bond donors (Lipinski definition) is 1. The smallest absolute Gasteiger partial charge is 0.251 e. The van der Waals surface area contributed by atoms with E-state index in [0.29, 0.717) is 5.56 Å². The molecule has 0 bridgehead atoms. The zero-order valence-corrected chi connectivity index (χ0v) is 14.8. The molecule has 0 saturated carbocycles. The lowest BCUT2D eigenvalue weighted by Crippen LogP contribution is -2.36. The Morgan fingerprint density at radius 2 is 1.76 bits per heavy atom. The topological polar surface area (TPSA) is 41.6 Å². The van der Waals surface area contributed by atoms with Crippen LogP contribution in [-0.2, 0) is 4.74 Å². The maximum Gasteiger partial charge on any atom is 0.251 e. The molecule has 1 aliphatic heterocycles. The molecule has 132 valence electrons. The minimum Gasteiger partial charge on any atom is -0.378 e. The van der Waals surface area contributed by atoms with Crippen LogP contribution in [0, 0.1) is 0 Å². The summed E-state index contributed by atoms with van der Waals surface area (Å²) in [6, 6.07) is 18.1. The maximum atomic E-state index is 12.6. The lowest BCUT2D eigenvalue weighted by molar-refractivity contribution is 0.0934. The van der Waals surface area contributed by atoms with Crippen molar-refractivity contribution in [2.45, 2.75) is 25.8 Å². The van der Waals surface area contributed by atoms with E-state index in [4.69, 9.17) is 4.74 Å². The van der Waals surface area contributed by atoms with E-state index in [0.717, 1.165) is 50.4 Å². The second kappa shape index (κ2) is 8.67. The first-order valence-corrected chi connectivity index (χ1v) is 9.06. The Hall–Kier alpha value is -2.33. The van der Waals surface area contributed by atoms with Crippen LogP contribution in [0.3, 0.4) is 0 Å². The van der Waals surface area contributed by atoms with E-state index in [9.17, 15) is 4.79 Å². The molecular weight excluding hydrogens is 312 g/mol. The van der Waals surface area contributed by atoms with E-state index in [-0.39, 0.29) is 11.9 Å². The third kappa shape index (κ3) is 4.60. The highest BCUT2D eigenvalue weighted by atomic mass is 16.5. The average molecular weight is 338 g/mol. The Bertz CT molecular complexity index is 664. The molecule has 1 heterocycles. The van der Waals surface area contributed by atoms with Crippen LogP contribution in [0.25, 0.3) is 0 Å². The third-order valence-electron chi connectivity index (χ3n) is 4.59. The van der Waals surface area contributed by atoms with Crippen LogP contribution in [0.4, 0.5) is 5.69 Å². The first-order chi connectivity index (χ1) is 12.3. The Morgan fingerprint density at radius 3 is 2.40 bits per heavy atom. The zero-order valence-electron chi connectivity index (χ0n) is 14.8. The van der Waals surface area contributed by atoms with Gasteiger partial charge in [0, 0.05) is 24.3 Å². The van der Waals surface area contributed by atoms with Crippen molar-refractivity contribution < 1.29 is 9.53 Å². The lowest BCUT2D eigenvalue weighted by Gasteiger charge is -2.29. The van der Waals surface area contributed by atoms with Gasteiger partial charge in [-0.1, -0.05) is 43.7 Å². The minimum absolute atomic E-state index is 0.0177. The van der Waals surface area contributed by atoms with Crippen LogP contribution in [0.5, 0.6) is 0 Å². The van der Waals surface area contributed by atoms with E-state index < -0.39 is 0 Å². The van der Waals surface area contributed by atoms with Crippen LogP contribution < -0.4 is 10.2 Å². The van der Waals surface area contributed by atoms with Crippen molar-refractivity contribution in [3.63, 3.8) is 0 Å². The molecule has 1 N–H and O–H groups in total. The molecule has 0 aliphatic carbocycles. The fourth-order valence-electron chi connectivity index (χ4n) is 3.18. The van der Waals surface area contributed by atoms with Gasteiger partial charge >= 0.3 is 0 Å². The Morgan fingerprint density at radius 1 is 1.08 bits per heavy atom. The van der Waals surface area contributed by atoms with Crippen molar-refractivity contribution in [2.24, 2.45) is 0 Å². The highest BCUT2D eigenvalue weighted by molar-refractivity contribution is 5.94. The number of morpholine rings is 1. The summed E-state index contributed by atoms with van der Waals surface area (Å²) in [7, 11) is 0. The maximum absolute atomic E-state index is 12.6. The first kappa shape index (κ1) is 17.5. The molecule has 1 atom stereocenters. The zero-order chi connectivity index (χ0) is 17.5. The molecule has 1 amide bonds. The van der Waals surface area contributed by atoms with Crippen molar-refractivity contribution in [1.29, 1.82) is 0 Å². The summed E-state index contributed by atoms with van der Waals surface area (Å²) in [5, 5.41) is 3.18. The number of nitrogens with one attached hydrogen (secondary N) is 1. The summed E-state index contributed by atoms with van der Waals surface area (Å²) in [6.45, 7) is 5.46. The SMILES string of the molecule is CCCC(NC(=O)c1ccc(N2CCOCC2)cc1)c1ccccc1. The lowest BCUT2D eigenvalue weighted by atomic mass is 10.0. The van der Waals surface area contributed by atoms with Crippen molar-refractivity contribution in [2.75, 3.05) is 31.2 Å². The summed E-state index contributed by atoms with van der Waals surface area (Å²) in [5.41, 5.74) is 3.00. The molecule has 3 rings (SSSR count). The molecule has 1 aliphatic rings. The minimum atomic E-state index is -0.0177. The van der Waals surface area contributed by atoms with Gasteiger partial charge < -0.3 is 15.0 Å². The van der Waals surface area contributed by atoms with E-state index in [1.807, 2.05) is 42.5 Å². The van der Waals surface area contributed by atoms with Gasteiger partial charge in [0.1, 0.15) is 0 Å². The Balaban J connectivity index is 1.67. The Kier molecular flexibility index (Phi) is 6.07. The van der Waals surface area contributed by atoms with Gasteiger partial charge in [-0.25, -0.2) is 0 Å². The number of rotatable bonds is 6. The van der Waals surface area contributed by atoms with Crippen molar-refractivity contribution in [1.82, 2.24) is 5.32 Å². The second-order valence-electron chi connectivity index (χ2n) is 6.37. The fourth-order valence-corrected chi connectivity index (χ4v) is 3.18. The van der Waals surface area contributed by atoms with E-state index in [2.05, 4.69) is 29.3 Å². The molecule has 2 aromatic carbocycles. The standard InChI is InChI=1S/C21H26N2O2/c1-2-6-20(17-7-4-3-5-8-17)22-21(24)18-9-11-19(12-10-18)23-13-15-25-16-14-23/h3-5,7-12,20H,2,6,13-16H2,1H3,(H,22,24). The largest absolute Gasteiger partial charge is 0.378 e. The number of hydrogen-bond acceptors (Lipinski definition) is 3. The summed E-state index contributed by atoms with van der Waals surface area (Å²) in [4.78, 5) is 14.9. The Labute approximate surface area is 149 Å². The monoisotopic (exact) mass is 338 g/mol. The van der Waals surface area contributed by atoms with E-state index in [1.165, 1.54) is 0 Å². The fraction of sp³-hybridized carbons (Fsp3) is 0.381. The molecule has 1 saturated heterocycles. The first-order valence-electron chi connectivity index (χ1n) is 9.06. The average Bonchev–Trinajstić information content (AvgIpc) is 2.69. The van der Waals surface area contributed by atoms with Gasteiger partial charge in [0.2, 0.25) is 0 Å². The van der Waals surface area contributed by atoms with Gasteiger partial charge in [0.15, 0.2) is 0 Å². The normalized spacial score (nSPS) is 15.6. The number of amides is 1. The molecule has 1 unspecified atom stereocenters. The number of carbonyl (C=O) groups excluding carboxylic acids is 1. The van der Waals surface area contributed by atoms with Crippen LogP contribution in [0.2, 0.25) is 0 Å². The van der Waals surface area contributed by atoms with Gasteiger partial charge in [-0.2, -0.15) is 0 Å². The second-order valence-corrected chi connectivity index (χ2v) is 6.37. The summed E-state index contributed by atoms with van der Waals surface area (Å²) >= 11 is 0. The van der Waals surface area contributed by atoms with Gasteiger partial charge in [0.25, 0.3) is 5.91 Å². The van der Waals surface area contributed by atoms with Crippen molar-refractivity contribution >= 4 is 11.6 Å². The molecular formula is C21H26N2O2. The molecule has 25 heavy (non-hydrogen) atoms. The summed E-state index contributed by atoms with van der Waals surface area (Å²) in [6.07, 6.45) is 1.96. The molecule has 4 nitrogen and oxygen atoms in total. The third-order valence-corrected chi connectivity index (χ3v) is 4.59. The molecule has 0 radical (unpaired) electrons. The predicted octanol–water partition coefficient (Wildman–Crippen LogP) is 3.79. The number of nitrogens with zero attached hydrogens (tertiary/aromatic N) is 1. The predicted molar refractivity (Wildman–Crippen MR) is 101 cm³/mol.